The van der Waals surface area contributed by atoms with Crippen LogP contribution in [0.5, 0.6) is 11.5 Å². The topological polar surface area (TPSA) is 131 Å². The first-order valence-corrected chi connectivity index (χ1v) is 13.2. The maximum absolute atomic E-state index is 13.1. The monoisotopic (exact) mass is 595 g/mol. The number of carbonyl (C=O) groups is 5. The number of carbonyl (C=O) groups excluding carboxylic acids is 5. The smallest absolute Gasteiger partial charge is 0.255 e. The lowest BCUT2D eigenvalue weighted by molar-refractivity contribution is -0.137. The Bertz CT molecular complexity index is 1430. The highest BCUT2D eigenvalue weighted by molar-refractivity contribution is 9.10. The minimum atomic E-state index is -0.733. The summed E-state index contributed by atoms with van der Waals surface area (Å²) in [5.41, 5.74) is 2.50. The van der Waals surface area contributed by atoms with Crippen molar-refractivity contribution >= 4 is 50.9 Å². The van der Waals surface area contributed by atoms with Crippen molar-refractivity contribution < 1.29 is 33.4 Å². The molecule has 0 aromatic heterocycles. The summed E-state index contributed by atoms with van der Waals surface area (Å²) in [5.74, 6) is -0.997. The van der Waals surface area contributed by atoms with Crippen molar-refractivity contribution in [2.45, 2.75) is 44.2 Å². The van der Waals surface area contributed by atoms with Gasteiger partial charge in [0.05, 0.1) is 19.8 Å². The van der Waals surface area contributed by atoms with Gasteiger partial charge in [0.15, 0.2) is 23.1 Å². The molecule has 2 aromatic rings. The fourth-order valence-electron chi connectivity index (χ4n) is 5.33. The molecular weight excluding hydrogens is 570 g/mol. The zero-order valence-electron chi connectivity index (χ0n) is 21.3. The van der Waals surface area contributed by atoms with Gasteiger partial charge in [0.1, 0.15) is 6.04 Å². The quantitative estimate of drug-likeness (QED) is 0.295. The molecule has 2 heterocycles. The molecule has 39 heavy (non-hydrogen) atoms. The first kappa shape index (κ1) is 26.6. The Labute approximate surface area is 232 Å². The van der Waals surface area contributed by atoms with Gasteiger partial charge in [0, 0.05) is 53.3 Å². The Balaban J connectivity index is 1.33. The van der Waals surface area contributed by atoms with E-state index in [0.29, 0.717) is 28.3 Å². The Morgan fingerprint density at radius 1 is 1.03 bits per heavy atom. The molecule has 0 spiro atoms. The van der Waals surface area contributed by atoms with Gasteiger partial charge in [0.25, 0.3) is 5.91 Å². The maximum atomic E-state index is 13.1. The number of ether oxygens (including phenoxy) is 2. The van der Waals surface area contributed by atoms with Crippen LogP contribution in [0, 0.1) is 0 Å². The van der Waals surface area contributed by atoms with E-state index in [2.05, 4.69) is 26.6 Å². The van der Waals surface area contributed by atoms with E-state index >= 15 is 0 Å². The first-order valence-electron chi connectivity index (χ1n) is 12.4. The van der Waals surface area contributed by atoms with Crippen molar-refractivity contribution in [2.75, 3.05) is 19.5 Å². The molecule has 1 saturated carbocycles. The number of nitrogens with one attached hydrogen (secondary N) is 2. The van der Waals surface area contributed by atoms with E-state index in [1.165, 1.54) is 25.3 Å². The third kappa shape index (κ3) is 4.94. The van der Waals surface area contributed by atoms with Crippen LogP contribution in [-0.4, -0.2) is 54.4 Å². The number of hydrogen-bond donors (Lipinski definition) is 2. The van der Waals surface area contributed by atoms with Crippen molar-refractivity contribution in [3.8, 4) is 11.5 Å². The zero-order valence-corrected chi connectivity index (χ0v) is 22.9. The summed E-state index contributed by atoms with van der Waals surface area (Å²) in [5, 5.41) is 5.34. The second-order valence-corrected chi connectivity index (χ2v) is 10.5. The van der Waals surface area contributed by atoms with E-state index in [1.807, 2.05) is 0 Å². The van der Waals surface area contributed by atoms with Crippen LogP contribution in [0.25, 0.3) is 0 Å². The number of nitrogens with zero attached hydrogens (tertiary/aromatic N) is 1. The van der Waals surface area contributed by atoms with Crippen LogP contribution >= 0.6 is 15.9 Å². The van der Waals surface area contributed by atoms with E-state index in [0.717, 1.165) is 10.0 Å². The fraction of sp³-hybridized carbons (Fsp3) is 0.321. The second-order valence-electron chi connectivity index (χ2n) is 9.61. The SMILES string of the molecule is COc1cc(Br)c(C2CC(=O)C(=CNc3cccc4c3CN(C3CCC(=O)NC3=O)C4=O)C(=O)C2)cc1OC. The zero-order chi connectivity index (χ0) is 27.8. The number of fused-ring (bicyclic) bond motifs is 1. The Kier molecular flexibility index (Phi) is 7.26. The van der Waals surface area contributed by atoms with Gasteiger partial charge in [-0.15, -0.1) is 0 Å². The number of benzene rings is 2. The lowest BCUT2D eigenvalue weighted by atomic mass is 9.80. The fourth-order valence-corrected chi connectivity index (χ4v) is 5.98. The van der Waals surface area contributed by atoms with Gasteiger partial charge >= 0.3 is 0 Å². The lowest BCUT2D eigenvalue weighted by Gasteiger charge is -2.29. The van der Waals surface area contributed by atoms with E-state index in [1.54, 1.807) is 30.3 Å². The summed E-state index contributed by atoms with van der Waals surface area (Å²) in [7, 11) is 3.06. The summed E-state index contributed by atoms with van der Waals surface area (Å²) in [6.45, 7) is 0.171. The van der Waals surface area contributed by atoms with Gasteiger partial charge in [-0.1, -0.05) is 22.0 Å². The van der Waals surface area contributed by atoms with Crippen molar-refractivity contribution in [3.63, 3.8) is 0 Å². The second kappa shape index (κ2) is 10.6. The highest BCUT2D eigenvalue weighted by Crippen LogP contribution is 2.41. The molecule has 2 N–H and O–H groups in total. The standard InChI is InChI=1S/C28H26BrN3O7/c1-38-24-10-16(19(29)11-25(24)39-2)14-8-22(33)17(23(34)9-14)12-30-20-5-3-4-15-18(20)13-32(28(15)37)21-6-7-26(35)31-27(21)36/h3-5,10-12,14,21,30H,6-9,13H2,1-2H3,(H,31,35,36). The van der Waals surface area contributed by atoms with Gasteiger partial charge < -0.3 is 19.7 Å². The summed E-state index contributed by atoms with van der Waals surface area (Å²) < 4.78 is 11.4. The van der Waals surface area contributed by atoms with Crippen molar-refractivity contribution in [2.24, 2.45) is 0 Å². The molecule has 2 aliphatic heterocycles. The lowest BCUT2D eigenvalue weighted by Crippen LogP contribution is -2.52. The molecule has 1 unspecified atom stereocenters. The first-order chi connectivity index (χ1) is 18.7. The van der Waals surface area contributed by atoms with Crippen molar-refractivity contribution in [1.82, 2.24) is 10.2 Å². The highest BCUT2D eigenvalue weighted by atomic mass is 79.9. The van der Waals surface area contributed by atoms with Crippen LogP contribution in [0.1, 0.15) is 53.1 Å². The number of amides is 3. The van der Waals surface area contributed by atoms with E-state index in [4.69, 9.17) is 9.47 Å². The van der Waals surface area contributed by atoms with E-state index in [-0.39, 0.29) is 67.1 Å². The minimum Gasteiger partial charge on any atom is -0.493 e. The third-order valence-corrected chi connectivity index (χ3v) is 8.05. The third-order valence-electron chi connectivity index (χ3n) is 7.36. The summed E-state index contributed by atoms with van der Waals surface area (Å²) in [6, 6.07) is 7.91. The number of hydrogen-bond acceptors (Lipinski definition) is 8. The molecule has 1 saturated heterocycles. The minimum absolute atomic E-state index is 0.0619. The number of ketones is 2. The molecule has 202 valence electrons. The molecule has 11 heteroatoms. The van der Waals surface area contributed by atoms with Crippen LogP contribution < -0.4 is 20.1 Å². The van der Waals surface area contributed by atoms with Crippen LogP contribution in [0.15, 0.2) is 46.6 Å². The Morgan fingerprint density at radius 3 is 2.38 bits per heavy atom. The predicted octanol–water partition coefficient (Wildman–Crippen LogP) is 3.24. The molecule has 2 fully saturated rings. The van der Waals surface area contributed by atoms with Gasteiger partial charge in [0.2, 0.25) is 11.8 Å². The Morgan fingerprint density at radius 2 is 1.72 bits per heavy atom. The number of halogens is 1. The average molecular weight is 596 g/mol. The molecule has 1 aliphatic carbocycles. The number of piperidine rings is 1. The van der Waals surface area contributed by atoms with Crippen LogP contribution in [0.4, 0.5) is 5.69 Å². The molecule has 3 amide bonds. The average Bonchev–Trinajstić information content (AvgIpc) is 3.24. The number of Topliss-reactive ketones (excluding diaryl/α,β-unsaturated/α-hetero) is 2. The van der Waals surface area contributed by atoms with Crippen LogP contribution in [0.3, 0.4) is 0 Å². The number of imide groups is 1. The molecule has 10 nitrogen and oxygen atoms in total. The normalized spacial score (nSPS) is 21.1. The van der Waals surface area contributed by atoms with Gasteiger partial charge in [-0.25, -0.2) is 0 Å². The maximum Gasteiger partial charge on any atom is 0.255 e. The van der Waals surface area contributed by atoms with Crippen LogP contribution in [0.2, 0.25) is 0 Å². The number of anilines is 1. The van der Waals surface area contributed by atoms with Gasteiger partial charge in [-0.3, -0.25) is 29.3 Å². The van der Waals surface area contributed by atoms with Crippen LogP contribution in [-0.2, 0) is 25.7 Å². The van der Waals surface area contributed by atoms with Gasteiger partial charge in [-0.05, 0) is 42.2 Å². The molecule has 2 aromatic carbocycles. The predicted molar refractivity (Wildman–Crippen MR) is 143 cm³/mol. The number of allylic oxidation sites excluding steroid dienone is 1. The Hall–Kier alpha value is -3.99. The summed E-state index contributed by atoms with van der Waals surface area (Å²) in [6.07, 6.45) is 2.11. The molecule has 0 bridgehead atoms. The van der Waals surface area contributed by atoms with Crippen molar-refractivity contribution in [3.05, 3.63) is 63.3 Å². The largest absolute Gasteiger partial charge is 0.493 e. The van der Waals surface area contributed by atoms with Gasteiger partial charge in [-0.2, -0.15) is 0 Å². The number of methoxy groups -OCH3 is 2. The van der Waals surface area contributed by atoms with E-state index in [9.17, 15) is 24.0 Å². The van der Waals surface area contributed by atoms with E-state index < -0.39 is 11.9 Å². The molecule has 5 rings (SSSR count). The molecular formula is C28H26BrN3O7. The van der Waals surface area contributed by atoms with Crippen molar-refractivity contribution in [1.29, 1.82) is 0 Å². The molecule has 0 radical (unpaired) electrons. The molecule has 3 aliphatic rings. The summed E-state index contributed by atoms with van der Waals surface area (Å²) >= 11 is 3.52. The highest BCUT2D eigenvalue weighted by Gasteiger charge is 2.40. The molecule has 1 atom stereocenters. The summed E-state index contributed by atoms with van der Waals surface area (Å²) in [4.78, 5) is 64.5. The number of rotatable bonds is 6.